The van der Waals surface area contributed by atoms with Gasteiger partial charge in [0.15, 0.2) is 11.5 Å². The van der Waals surface area contributed by atoms with E-state index in [1.54, 1.807) is 30.3 Å². The number of amides is 1. The highest BCUT2D eigenvalue weighted by Gasteiger charge is 2.31. The molecule has 5 nitrogen and oxygen atoms in total. The highest BCUT2D eigenvalue weighted by atomic mass is 19.4. The molecule has 0 atom stereocenters. The zero-order valence-electron chi connectivity index (χ0n) is 14.0. The van der Waals surface area contributed by atoms with Gasteiger partial charge in [-0.15, -0.1) is 13.2 Å². The van der Waals surface area contributed by atoms with Gasteiger partial charge in [-0.2, -0.15) is 0 Å². The molecule has 2 aromatic carbocycles. The van der Waals surface area contributed by atoms with Crippen molar-refractivity contribution in [1.29, 1.82) is 0 Å². The van der Waals surface area contributed by atoms with Crippen LogP contribution in [-0.2, 0) is 11.3 Å². The first kappa shape index (κ1) is 19.4. The Balaban J connectivity index is 1.82. The van der Waals surface area contributed by atoms with Crippen LogP contribution in [-0.4, -0.2) is 26.0 Å². The second kappa shape index (κ2) is 8.98. The van der Waals surface area contributed by atoms with Crippen LogP contribution in [0.3, 0.4) is 0 Å². The van der Waals surface area contributed by atoms with Crippen LogP contribution in [0.15, 0.2) is 48.5 Å². The van der Waals surface area contributed by atoms with Gasteiger partial charge < -0.3 is 19.5 Å². The summed E-state index contributed by atoms with van der Waals surface area (Å²) < 4.78 is 51.7. The second-order valence-electron chi connectivity index (χ2n) is 5.18. The molecular weight excluding hydrogens is 351 g/mol. The molecule has 0 spiro atoms. The topological polar surface area (TPSA) is 56.8 Å². The van der Waals surface area contributed by atoms with Crippen LogP contribution in [0, 0.1) is 0 Å². The molecule has 0 saturated heterocycles. The van der Waals surface area contributed by atoms with Gasteiger partial charge in [0.25, 0.3) is 0 Å². The fourth-order valence-electron chi connectivity index (χ4n) is 2.15. The lowest BCUT2D eigenvalue weighted by molar-refractivity contribution is -0.274. The van der Waals surface area contributed by atoms with Gasteiger partial charge >= 0.3 is 6.36 Å². The predicted octanol–water partition coefficient (Wildman–Crippen LogP) is 3.68. The zero-order valence-corrected chi connectivity index (χ0v) is 14.0. The minimum atomic E-state index is -4.79. The van der Waals surface area contributed by atoms with Crippen LogP contribution in [0.2, 0.25) is 0 Å². The Bertz CT molecular complexity index is 734. The molecule has 0 aliphatic heterocycles. The molecule has 1 N–H and O–H groups in total. The van der Waals surface area contributed by atoms with Gasteiger partial charge in [-0.05, 0) is 18.2 Å². The van der Waals surface area contributed by atoms with E-state index < -0.39 is 6.36 Å². The first-order valence-electron chi connectivity index (χ1n) is 7.75. The zero-order chi connectivity index (χ0) is 19.0. The van der Waals surface area contributed by atoms with Crippen LogP contribution in [0.5, 0.6) is 17.2 Å². The standard InChI is InChI=1S/C18H18F3NO4/c1-24-15-8-4-5-9-16(15)25-11-10-17(23)22-12-13-6-2-3-7-14(13)26-18(19,20)21/h2-9H,10-12H2,1H3,(H,22,23). The largest absolute Gasteiger partial charge is 0.573 e. The molecule has 140 valence electrons. The Hall–Kier alpha value is -2.90. The van der Waals surface area contributed by atoms with E-state index in [0.717, 1.165) is 0 Å². The second-order valence-corrected chi connectivity index (χ2v) is 5.18. The maximum absolute atomic E-state index is 12.4. The van der Waals surface area contributed by atoms with E-state index in [4.69, 9.17) is 9.47 Å². The van der Waals surface area contributed by atoms with Crippen LogP contribution < -0.4 is 19.5 Å². The van der Waals surface area contributed by atoms with Crippen molar-refractivity contribution in [2.45, 2.75) is 19.3 Å². The molecule has 0 bridgehead atoms. The molecule has 0 fully saturated rings. The van der Waals surface area contributed by atoms with Crippen LogP contribution in [0.1, 0.15) is 12.0 Å². The average Bonchev–Trinajstić information content (AvgIpc) is 2.60. The number of carbonyl (C=O) groups excluding carboxylic acids is 1. The highest BCUT2D eigenvalue weighted by Crippen LogP contribution is 2.27. The molecule has 26 heavy (non-hydrogen) atoms. The highest BCUT2D eigenvalue weighted by molar-refractivity contribution is 5.76. The number of para-hydroxylation sites is 3. The fraction of sp³-hybridized carbons (Fsp3) is 0.278. The van der Waals surface area contributed by atoms with E-state index in [-0.39, 0.29) is 36.8 Å². The van der Waals surface area contributed by atoms with E-state index in [2.05, 4.69) is 10.1 Å². The quantitative estimate of drug-likeness (QED) is 0.771. The number of benzene rings is 2. The molecule has 1 amide bonds. The van der Waals surface area contributed by atoms with Gasteiger partial charge in [0.2, 0.25) is 5.91 Å². The summed E-state index contributed by atoms with van der Waals surface area (Å²) in [6.45, 7) is 0.0205. The number of ether oxygens (including phenoxy) is 3. The summed E-state index contributed by atoms with van der Waals surface area (Å²) in [5, 5.41) is 2.54. The van der Waals surface area contributed by atoms with Gasteiger partial charge in [-0.25, -0.2) is 0 Å². The number of halogens is 3. The van der Waals surface area contributed by atoms with Gasteiger partial charge in [0.1, 0.15) is 5.75 Å². The molecule has 0 heterocycles. The Labute approximate surface area is 148 Å². The van der Waals surface area contributed by atoms with Crippen molar-refractivity contribution in [2.24, 2.45) is 0 Å². The van der Waals surface area contributed by atoms with Crippen molar-refractivity contribution in [2.75, 3.05) is 13.7 Å². The molecule has 0 aliphatic rings. The van der Waals surface area contributed by atoms with Gasteiger partial charge in [-0.1, -0.05) is 30.3 Å². The third-order valence-corrected chi connectivity index (χ3v) is 3.33. The summed E-state index contributed by atoms with van der Waals surface area (Å²) in [5.41, 5.74) is 0.226. The van der Waals surface area contributed by atoms with Crippen LogP contribution in [0.4, 0.5) is 13.2 Å². The summed E-state index contributed by atoms with van der Waals surface area (Å²) in [4.78, 5) is 11.9. The molecule has 2 aromatic rings. The number of carbonyl (C=O) groups is 1. The van der Waals surface area contributed by atoms with Crippen molar-refractivity contribution in [1.82, 2.24) is 5.32 Å². The molecule has 0 aliphatic carbocycles. The minimum Gasteiger partial charge on any atom is -0.493 e. The Kier molecular flexibility index (Phi) is 6.71. The van der Waals surface area contributed by atoms with E-state index in [1.165, 1.54) is 25.3 Å². The van der Waals surface area contributed by atoms with Crippen molar-refractivity contribution >= 4 is 5.91 Å². The van der Waals surface area contributed by atoms with Crippen molar-refractivity contribution < 1.29 is 32.2 Å². The average molecular weight is 369 g/mol. The third-order valence-electron chi connectivity index (χ3n) is 3.33. The summed E-state index contributed by atoms with van der Waals surface area (Å²) in [6, 6.07) is 12.6. The number of rotatable bonds is 8. The van der Waals surface area contributed by atoms with E-state index >= 15 is 0 Å². The van der Waals surface area contributed by atoms with Gasteiger partial charge in [0.05, 0.1) is 20.1 Å². The minimum absolute atomic E-state index is 0.0420. The maximum Gasteiger partial charge on any atom is 0.573 e. The van der Waals surface area contributed by atoms with E-state index in [0.29, 0.717) is 11.5 Å². The lowest BCUT2D eigenvalue weighted by Crippen LogP contribution is -2.25. The molecule has 0 unspecified atom stereocenters. The Morgan fingerprint density at radius 3 is 2.27 bits per heavy atom. The first-order valence-corrected chi connectivity index (χ1v) is 7.75. The number of alkyl halides is 3. The Morgan fingerprint density at radius 1 is 1.00 bits per heavy atom. The monoisotopic (exact) mass is 369 g/mol. The van der Waals surface area contributed by atoms with Crippen LogP contribution in [0.25, 0.3) is 0 Å². The van der Waals surface area contributed by atoms with Crippen molar-refractivity contribution in [3.63, 3.8) is 0 Å². The molecule has 0 aromatic heterocycles. The normalized spacial score (nSPS) is 10.9. The number of methoxy groups -OCH3 is 1. The SMILES string of the molecule is COc1ccccc1OCCC(=O)NCc1ccccc1OC(F)(F)F. The summed E-state index contributed by atoms with van der Waals surface area (Å²) in [5.74, 6) is 0.352. The smallest absolute Gasteiger partial charge is 0.493 e. The van der Waals surface area contributed by atoms with Gasteiger partial charge in [0, 0.05) is 12.1 Å². The summed E-state index contributed by atoms with van der Waals surface area (Å²) in [6.07, 6.45) is -4.75. The first-order chi connectivity index (χ1) is 12.4. The number of nitrogens with one attached hydrogen (secondary N) is 1. The predicted molar refractivity (Wildman–Crippen MR) is 88.1 cm³/mol. The molecule has 0 radical (unpaired) electrons. The third kappa shape index (κ3) is 6.19. The Morgan fingerprint density at radius 2 is 1.62 bits per heavy atom. The van der Waals surface area contributed by atoms with Crippen molar-refractivity contribution in [3.8, 4) is 17.2 Å². The van der Waals surface area contributed by atoms with E-state index in [9.17, 15) is 18.0 Å². The lowest BCUT2D eigenvalue weighted by atomic mass is 10.2. The molecule has 0 saturated carbocycles. The number of hydrogen-bond acceptors (Lipinski definition) is 4. The molecular formula is C18H18F3NO4. The van der Waals surface area contributed by atoms with E-state index in [1.807, 2.05) is 0 Å². The fourth-order valence-corrected chi connectivity index (χ4v) is 2.15. The summed E-state index contributed by atoms with van der Waals surface area (Å²) in [7, 11) is 1.51. The van der Waals surface area contributed by atoms with Gasteiger partial charge in [-0.3, -0.25) is 4.79 Å². The van der Waals surface area contributed by atoms with Crippen molar-refractivity contribution in [3.05, 3.63) is 54.1 Å². The molecule has 2 rings (SSSR count). The summed E-state index contributed by atoms with van der Waals surface area (Å²) >= 11 is 0. The number of hydrogen-bond donors (Lipinski definition) is 1. The molecule has 8 heteroatoms. The lowest BCUT2D eigenvalue weighted by Gasteiger charge is -2.14. The van der Waals surface area contributed by atoms with Crippen LogP contribution >= 0.6 is 0 Å². The maximum atomic E-state index is 12.4.